The highest BCUT2D eigenvalue weighted by Crippen LogP contribution is 2.21. The number of carbonyl (C=O) groups excluding carboxylic acids is 1. The summed E-state index contributed by atoms with van der Waals surface area (Å²) >= 11 is 1.00. The number of amides is 1. The van der Waals surface area contributed by atoms with Gasteiger partial charge in [0.1, 0.15) is 0 Å². The number of nitrogen functional groups attached to an aromatic ring is 1. The van der Waals surface area contributed by atoms with Crippen LogP contribution in [-0.4, -0.2) is 16.0 Å². The normalized spacial score (nSPS) is 18.4. The van der Waals surface area contributed by atoms with Gasteiger partial charge in [-0.05, 0) is 49.4 Å². The molecule has 1 heterocycles. The molecular formula is C23H27N3O2S. The van der Waals surface area contributed by atoms with Crippen molar-refractivity contribution in [3.63, 3.8) is 0 Å². The van der Waals surface area contributed by atoms with E-state index in [9.17, 15) is 9.90 Å². The molecule has 152 valence electrons. The second kappa shape index (κ2) is 10.2. The second-order valence-electron chi connectivity index (χ2n) is 6.10. The highest BCUT2D eigenvalue weighted by atomic mass is 32.1. The molecule has 0 spiro atoms. The van der Waals surface area contributed by atoms with E-state index in [4.69, 9.17) is 19.4 Å². The number of aromatic nitrogens is 1. The molecule has 6 heteroatoms. The van der Waals surface area contributed by atoms with E-state index in [1.807, 2.05) is 0 Å². The Morgan fingerprint density at radius 3 is 2.90 bits per heavy atom. The lowest BCUT2D eigenvalue weighted by atomic mass is 10.00. The van der Waals surface area contributed by atoms with Crippen LogP contribution in [0.5, 0.6) is 0 Å². The number of hydrogen-bond donors (Lipinski definition) is 3. The molecule has 1 aromatic heterocycles. The molecule has 2 aromatic carbocycles. The first kappa shape index (κ1) is 11.5. The molecule has 5 nitrogen and oxygen atoms in total. The summed E-state index contributed by atoms with van der Waals surface area (Å²) in [5.74, 6) is -0.967. The SMILES string of the molecule is [2H]c1c([2H])c(C)c([2H])c([C@@H](O)C([2H])([2H])CC([2H])([2H])Cc2ccc(NC(=O)C([2H])([2H])c3csc(N)n3)cc2)c1[2H]. The Bertz CT molecular complexity index is 1350. The van der Waals surface area contributed by atoms with Crippen LogP contribution in [-0.2, 0) is 17.6 Å². The number of aliphatic hydroxyl groups excluding tert-OH is 1. The first-order valence-corrected chi connectivity index (χ1v) is 9.62. The quantitative estimate of drug-likeness (QED) is 0.471. The number of nitrogens with one attached hydrogen (secondary N) is 1. The van der Waals surface area contributed by atoms with Crippen LogP contribution in [0.3, 0.4) is 0 Å². The molecule has 1 amide bonds. The second-order valence-corrected chi connectivity index (χ2v) is 6.99. The van der Waals surface area contributed by atoms with Crippen molar-refractivity contribution in [3.05, 3.63) is 76.2 Å². The van der Waals surface area contributed by atoms with E-state index < -0.39 is 61.2 Å². The van der Waals surface area contributed by atoms with E-state index in [1.165, 1.54) is 36.6 Å². The zero-order valence-corrected chi connectivity index (χ0v) is 16.5. The minimum Gasteiger partial charge on any atom is -0.388 e. The zero-order valence-electron chi connectivity index (χ0n) is 25.7. The van der Waals surface area contributed by atoms with Crippen molar-refractivity contribution in [2.24, 2.45) is 0 Å². The van der Waals surface area contributed by atoms with E-state index in [0.717, 1.165) is 11.3 Å². The van der Waals surface area contributed by atoms with Crippen molar-refractivity contribution in [1.82, 2.24) is 4.98 Å². The fraction of sp³-hybridized carbons (Fsp3) is 0.304. The molecule has 0 aliphatic rings. The summed E-state index contributed by atoms with van der Waals surface area (Å²) in [5.41, 5.74) is 5.63. The van der Waals surface area contributed by atoms with E-state index in [1.54, 1.807) is 0 Å². The monoisotopic (exact) mass is 419 g/mol. The predicted molar refractivity (Wildman–Crippen MR) is 119 cm³/mol. The number of aliphatic hydroxyl groups is 1. The van der Waals surface area contributed by atoms with Crippen LogP contribution in [0.1, 0.15) is 61.4 Å². The summed E-state index contributed by atoms with van der Waals surface area (Å²) in [6.45, 7) is 1.36. The lowest BCUT2D eigenvalue weighted by molar-refractivity contribution is -0.115. The largest absolute Gasteiger partial charge is 0.388 e. The molecule has 1 atom stereocenters. The molecule has 29 heavy (non-hydrogen) atoms. The molecule has 0 aliphatic heterocycles. The fourth-order valence-electron chi connectivity index (χ4n) is 2.40. The van der Waals surface area contributed by atoms with Gasteiger partial charge in [0, 0.05) is 19.3 Å². The van der Waals surface area contributed by atoms with E-state index in [2.05, 4.69) is 10.3 Å². The maximum absolute atomic E-state index is 12.5. The minimum absolute atomic E-state index is 0.0137. The third-order valence-corrected chi connectivity index (χ3v) is 4.44. The number of hydrogen-bond acceptors (Lipinski definition) is 5. The van der Waals surface area contributed by atoms with Gasteiger partial charge < -0.3 is 16.2 Å². The number of benzene rings is 2. The van der Waals surface area contributed by atoms with Gasteiger partial charge >= 0.3 is 0 Å². The molecule has 0 saturated carbocycles. The van der Waals surface area contributed by atoms with Crippen molar-refractivity contribution in [1.29, 1.82) is 0 Å². The summed E-state index contributed by atoms with van der Waals surface area (Å²) in [6, 6.07) is 3.87. The molecule has 0 bridgehead atoms. The van der Waals surface area contributed by atoms with Gasteiger partial charge in [-0.3, -0.25) is 4.79 Å². The average molecular weight is 420 g/mol. The van der Waals surface area contributed by atoms with Gasteiger partial charge in [-0.2, -0.15) is 0 Å². The van der Waals surface area contributed by atoms with Gasteiger partial charge in [-0.1, -0.05) is 48.3 Å². The van der Waals surface area contributed by atoms with Gasteiger partial charge in [-0.15, -0.1) is 11.3 Å². The van der Waals surface area contributed by atoms with Gasteiger partial charge in [0.25, 0.3) is 0 Å². The maximum Gasteiger partial charge on any atom is 0.230 e. The smallest absolute Gasteiger partial charge is 0.230 e. The number of thiazole rings is 1. The first-order chi connectivity index (χ1) is 17.9. The van der Waals surface area contributed by atoms with Gasteiger partial charge in [-0.25, -0.2) is 4.98 Å². The number of nitrogens with zero attached hydrogens (tertiary/aromatic N) is 1. The van der Waals surface area contributed by atoms with E-state index >= 15 is 0 Å². The van der Waals surface area contributed by atoms with Gasteiger partial charge in [0.2, 0.25) is 5.91 Å². The highest BCUT2D eigenvalue weighted by molar-refractivity contribution is 7.13. The zero-order chi connectivity index (χ0) is 29.5. The molecular weight excluding hydrogens is 382 g/mol. The third-order valence-electron chi connectivity index (χ3n) is 3.77. The molecule has 0 radical (unpaired) electrons. The molecule has 0 saturated heterocycles. The first-order valence-electron chi connectivity index (χ1n) is 13.7. The van der Waals surface area contributed by atoms with Crippen LogP contribution >= 0.6 is 11.3 Å². The van der Waals surface area contributed by atoms with Gasteiger partial charge in [0.05, 0.1) is 23.7 Å². The lowest BCUT2D eigenvalue weighted by Crippen LogP contribution is -2.14. The average Bonchev–Trinajstić information content (AvgIpc) is 3.29. The Labute approximate surface area is 189 Å². The molecule has 3 rings (SSSR count). The Morgan fingerprint density at radius 2 is 2.17 bits per heavy atom. The topological polar surface area (TPSA) is 88.2 Å². The number of carbonyl (C=O) groups is 1. The number of nitrogens with two attached hydrogens (primary N) is 1. The van der Waals surface area contributed by atoms with Crippen molar-refractivity contribution < 1.29 is 23.6 Å². The van der Waals surface area contributed by atoms with Gasteiger partial charge in [0.15, 0.2) is 5.13 Å². The van der Waals surface area contributed by atoms with Crippen molar-refractivity contribution in [2.45, 2.75) is 45.0 Å². The van der Waals surface area contributed by atoms with E-state index in [-0.39, 0.29) is 34.5 Å². The Hall–Kier alpha value is -2.70. The van der Waals surface area contributed by atoms with Crippen molar-refractivity contribution >= 4 is 28.1 Å². The minimum atomic E-state index is -2.61. The number of aryl methyl sites for hydroxylation is 1. The van der Waals surface area contributed by atoms with Crippen LogP contribution in [0.25, 0.3) is 0 Å². The summed E-state index contributed by atoms with van der Waals surface area (Å²) in [7, 11) is 0. The number of rotatable bonds is 9. The Balaban J connectivity index is 1.72. The van der Waals surface area contributed by atoms with Crippen molar-refractivity contribution in [3.8, 4) is 0 Å². The van der Waals surface area contributed by atoms with Crippen LogP contribution < -0.4 is 11.1 Å². The van der Waals surface area contributed by atoms with Crippen LogP contribution in [0.15, 0.2) is 53.8 Å². The van der Waals surface area contributed by atoms with Crippen LogP contribution in [0.4, 0.5) is 10.8 Å². The molecule has 0 aliphatic carbocycles. The molecule has 0 fully saturated rings. The molecule has 3 aromatic rings. The van der Waals surface area contributed by atoms with Crippen molar-refractivity contribution in [2.75, 3.05) is 11.1 Å². The highest BCUT2D eigenvalue weighted by Gasteiger charge is 2.08. The Kier molecular flexibility index (Phi) is 4.03. The summed E-state index contributed by atoms with van der Waals surface area (Å²) in [5, 5.41) is 14.6. The summed E-state index contributed by atoms with van der Waals surface area (Å²) in [6.07, 6.45) is -10.4. The Morgan fingerprint density at radius 1 is 1.38 bits per heavy atom. The van der Waals surface area contributed by atoms with Crippen LogP contribution in [0.2, 0.25) is 0 Å². The predicted octanol–water partition coefficient (Wildman–Crippen LogP) is 4.66. The standard InChI is InChI=1S/C23H27N3O2S/c1-16-5-4-7-18(13-16)21(27)8-3-2-6-17-9-11-19(12-10-17)25-22(28)14-20-15-29-23(24)26-20/h4-5,7,9-13,15,21,27H,2-3,6,8,14H2,1H3,(H2,24,26)(H,25,28)/t21-/m0/s1/i2D2,4D,5D,7D,8D2,13D,14D2. The van der Waals surface area contributed by atoms with E-state index in [0.29, 0.717) is 5.56 Å². The maximum atomic E-state index is 12.5. The molecule has 4 N–H and O–H groups in total. The fourth-order valence-corrected chi connectivity index (χ4v) is 2.90. The van der Waals surface area contributed by atoms with Crippen LogP contribution in [0, 0.1) is 6.92 Å². The summed E-state index contributed by atoms with van der Waals surface area (Å²) < 4.78 is 81.3. The third kappa shape index (κ3) is 6.69. The lowest BCUT2D eigenvalue weighted by Gasteiger charge is -2.11. The molecule has 0 unspecified atom stereocenters. The summed E-state index contributed by atoms with van der Waals surface area (Å²) in [4.78, 5) is 16.3. The number of anilines is 2.